The van der Waals surface area contributed by atoms with E-state index < -0.39 is 0 Å². The summed E-state index contributed by atoms with van der Waals surface area (Å²) in [5.74, 6) is 2.01. The Morgan fingerprint density at radius 1 is 1.44 bits per heavy atom. The summed E-state index contributed by atoms with van der Waals surface area (Å²) in [6.45, 7) is 6.97. The predicted octanol–water partition coefficient (Wildman–Crippen LogP) is 2.08. The summed E-state index contributed by atoms with van der Waals surface area (Å²) in [5, 5.41) is 3.30. The molecule has 0 aliphatic rings. The largest absolute Gasteiger partial charge is 0.344 e. The predicted molar refractivity (Wildman–Crippen MR) is 80.4 cm³/mol. The summed E-state index contributed by atoms with van der Waals surface area (Å²) in [6, 6.07) is 0. The maximum absolute atomic E-state index is 4.57. The number of aromatic nitrogens is 2. The third kappa shape index (κ3) is 4.82. The SMILES string of the molecule is CCNCc1cnc(N(C)CCCSC)nc1C. The second kappa shape index (κ2) is 8.32. The monoisotopic (exact) mass is 268 g/mol. The van der Waals surface area contributed by atoms with Crippen molar-refractivity contribution in [3.63, 3.8) is 0 Å². The van der Waals surface area contributed by atoms with Crippen molar-refractivity contribution in [3.8, 4) is 0 Å². The third-order valence-corrected chi connectivity index (χ3v) is 3.51. The van der Waals surface area contributed by atoms with Crippen LogP contribution >= 0.6 is 11.8 Å². The molecule has 1 heterocycles. The lowest BCUT2D eigenvalue weighted by Crippen LogP contribution is -2.22. The lowest BCUT2D eigenvalue weighted by molar-refractivity contribution is 0.713. The molecule has 1 aromatic rings. The third-order valence-electron chi connectivity index (χ3n) is 2.82. The van der Waals surface area contributed by atoms with Gasteiger partial charge in [-0.3, -0.25) is 0 Å². The highest BCUT2D eigenvalue weighted by molar-refractivity contribution is 7.98. The minimum absolute atomic E-state index is 0.828. The highest BCUT2D eigenvalue weighted by Crippen LogP contribution is 2.10. The van der Waals surface area contributed by atoms with Gasteiger partial charge >= 0.3 is 0 Å². The highest BCUT2D eigenvalue weighted by atomic mass is 32.2. The molecule has 0 aromatic carbocycles. The van der Waals surface area contributed by atoms with E-state index in [9.17, 15) is 0 Å². The second-order valence-electron chi connectivity index (χ2n) is 4.33. The molecule has 0 aliphatic carbocycles. The van der Waals surface area contributed by atoms with Gasteiger partial charge in [0.15, 0.2) is 0 Å². The zero-order chi connectivity index (χ0) is 13.4. The first-order valence-electron chi connectivity index (χ1n) is 6.42. The van der Waals surface area contributed by atoms with Crippen molar-refractivity contribution in [1.82, 2.24) is 15.3 Å². The van der Waals surface area contributed by atoms with E-state index >= 15 is 0 Å². The van der Waals surface area contributed by atoms with E-state index in [1.165, 1.54) is 17.7 Å². The number of hydrogen-bond donors (Lipinski definition) is 1. The number of hydrogen-bond acceptors (Lipinski definition) is 5. The summed E-state index contributed by atoms with van der Waals surface area (Å²) < 4.78 is 0. The van der Waals surface area contributed by atoms with Gasteiger partial charge in [0.25, 0.3) is 0 Å². The molecule has 0 atom stereocenters. The lowest BCUT2D eigenvalue weighted by atomic mass is 10.2. The Morgan fingerprint density at radius 3 is 2.83 bits per heavy atom. The molecular weight excluding hydrogens is 244 g/mol. The number of nitrogens with one attached hydrogen (secondary N) is 1. The van der Waals surface area contributed by atoms with Crippen LogP contribution in [0.5, 0.6) is 0 Å². The smallest absolute Gasteiger partial charge is 0.225 e. The Labute approximate surface area is 115 Å². The quantitative estimate of drug-likeness (QED) is 0.731. The van der Waals surface area contributed by atoms with Crippen LogP contribution in [-0.2, 0) is 6.54 Å². The van der Waals surface area contributed by atoms with E-state index in [1.807, 2.05) is 24.9 Å². The molecule has 0 saturated heterocycles. The fourth-order valence-electron chi connectivity index (χ4n) is 1.64. The molecule has 0 saturated carbocycles. The van der Waals surface area contributed by atoms with Crippen LogP contribution < -0.4 is 10.2 Å². The first-order valence-corrected chi connectivity index (χ1v) is 7.81. The van der Waals surface area contributed by atoms with Crippen LogP contribution in [-0.4, -0.2) is 42.1 Å². The molecule has 0 spiro atoms. The van der Waals surface area contributed by atoms with Gasteiger partial charge in [-0.1, -0.05) is 6.92 Å². The maximum Gasteiger partial charge on any atom is 0.225 e. The minimum atomic E-state index is 0.828. The van der Waals surface area contributed by atoms with Gasteiger partial charge in [0.2, 0.25) is 5.95 Å². The molecule has 1 aromatic heterocycles. The summed E-state index contributed by atoms with van der Waals surface area (Å²) in [6.07, 6.45) is 5.24. The minimum Gasteiger partial charge on any atom is -0.344 e. The molecule has 102 valence electrons. The maximum atomic E-state index is 4.57. The zero-order valence-electron chi connectivity index (χ0n) is 11.9. The number of anilines is 1. The zero-order valence-corrected chi connectivity index (χ0v) is 12.7. The van der Waals surface area contributed by atoms with Crippen LogP contribution in [0.2, 0.25) is 0 Å². The van der Waals surface area contributed by atoms with Gasteiger partial charge in [0.05, 0.1) is 0 Å². The Balaban J connectivity index is 2.59. The fraction of sp³-hybridized carbons (Fsp3) is 0.692. The second-order valence-corrected chi connectivity index (χ2v) is 5.31. The van der Waals surface area contributed by atoms with Crippen LogP contribution in [0.3, 0.4) is 0 Å². The molecule has 0 bridgehead atoms. The van der Waals surface area contributed by atoms with Crippen molar-refractivity contribution in [2.75, 3.05) is 37.0 Å². The number of nitrogens with zero attached hydrogens (tertiary/aromatic N) is 3. The molecule has 0 amide bonds. The van der Waals surface area contributed by atoms with E-state index in [1.54, 1.807) is 0 Å². The van der Waals surface area contributed by atoms with E-state index in [4.69, 9.17) is 0 Å². The number of aryl methyl sites for hydroxylation is 1. The van der Waals surface area contributed by atoms with Crippen molar-refractivity contribution in [2.45, 2.75) is 26.8 Å². The van der Waals surface area contributed by atoms with Crippen LogP contribution in [0.25, 0.3) is 0 Å². The summed E-state index contributed by atoms with van der Waals surface area (Å²) in [5.41, 5.74) is 2.25. The van der Waals surface area contributed by atoms with Crippen molar-refractivity contribution >= 4 is 17.7 Å². The van der Waals surface area contributed by atoms with Gasteiger partial charge in [-0.2, -0.15) is 11.8 Å². The molecule has 1 rings (SSSR count). The molecular formula is C13H24N4S. The van der Waals surface area contributed by atoms with E-state index in [0.717, 1.165) is 31.3 Å². The Bertz CT molecular complexity index is 357. The lowest BCUT2D eigenvalue weighted by Gasteiger charge is -2.17. The molecule has 0 fully saturated rings. The number of rotatable bonds is 8. The Morgan fingerprint density at radius 2 is 2.22 bits per heavy atom. The van der Waals surface area contributed by atoms with Gasteiger partial charge in [-0.05, 0) is 31.9 Å². The average Bonchev–Trinajstić information content (AvgIpc) is 2.37. The van der Waals surface area contributed by atoms with Crippen LogP contribution in [0.4, 0.5) is 5.95 Å². The van der Waals surface area contributed by atoms with Crippen molar-refractivity contribution < 1.29 is 0 Å². The van der Waals surface area contributed by atoms with E-state index in [-0.39, 0.29) is 0 Å². The topological polar surface area (TPSA) is 41.1 Å². The van der Waals surface area contributed by atoms with Gasteiger partial charge in [-0.25, -0.2) is 9.97 Å². The van der Waals surface area contributed by atoms with Crippen molar-refractivity contribution in [3.05, 3.63) is 17.5 Å². The van der Waals surface area contributed by atoms with E-state index in [0.29, 0.717) is 0 Å². The van der Waals surface area contributed by atoms with Gasteiger partial charge in [0, 0.05) is 37.6 Å². The van der Waals surface area contributed by atoms with Crippen LogP contribution in [0, 0.1) is 6.92 Å². The first kappa shape index (κ1) is 15.2. The molecule has 0 radical (unpaired) electrons. The van der Waals surface area contributed by atoms with Crippen LogP contribution in [0.1, 0.15) is 24.6 Å². The first-order chi connectivity index (χ1) is 8.69. The van der Waals surface area contributed by atoms with Crippen molar-refractivity contribution in [2.24, 2.45) is 0 Å². The molecule has 5 heteroatoms. The molecule has 4 nitrogen and oxygen atoms in total. The summed E-state index contributed by atoms with van der Waals surface area (Å²) in [7, 11) is 2.05. The summed E-state index contributed by atoms with van der Waals surface area (Å²) >= 11 is 1.88. The number of thioether (sulfide) groups is 1. The molecule has 1 N–H and O–H groups in total. The Hall–Kier alpha value is -0.810. The van der Waals surface area contributed by atoms with E-state index in [2.05, 4.69) is 40.4 Å². The molecule has 18 heavy (non-hydrogen) atoms. The Kier molecular flexibility index (Phi) is 7.05. The van der Waals surface area contributed by atoms with Gasteiger partial charge in [0.1, 0.15) is 0 Å². The highest BCUT2D eigenvalue weighted by Gasteiger charge is 2.07. The van der Waals surface area contributed by atoms with Gasteiger partial charge < -0.3 is 10.2 Å². The summed E-state index contributed by atoms with van der Waals surface area (Å²) in [4.78, 5) is 11.1. The fourth-order valence-corrected chi connectivity index (χ4v) is 2.06. The normalized spacial score (nSPS) is 10.7. The van der Waals surface area contributed by atoms with Crippen LogP contribution in [0.15, 0.2) is 6.20 Å². The standard InChI is InChI=1S/C13H24N4S/c1-5-14-9-12-10-15-13(16-11(12)2)17(3)7-6-8-18-4/h10,14H,5-9H2,1-4H3. The molecule has 0 unspecified atom stereocenters. The molecule has 0 aliphatic heterocycles. The van der Waals surface area contributed by atoms with Crippen molar-refractivity contribution in [1.29, 1.82) is 0 Å². The van der Waals surface area contributed by atoms with Gasteiger partial charge in [-0.15, -0.1) is 0 Å². The average molecular weight is 268 g/mol.